The van der Waals surface area contributed by atoms with Crippen LogP contribution in [-0.2, 0) is 16.7 Å². The molecule has 0 aromatic heterocycles. The Balaban J connectivity index is 2.36. The average Bonchev–Trinajstić information content (AvgIpc) is 2.46. The highest BCUT2D eigenvalue weighted by molar-refractivity contribution is 5.29. The number of morpholine rings is 1. The molecule has 21 heavy (non-hydrogen) atoms. The summed E-state index contributed by atoms with van der Waals surface area (Å²) in [6.45, 7) is 7.00. The summed E-state index contributed by atoms with van der Waals surface area (Å²) in [4.78, 5) is 0. The van der Waals surface area contributed by atoms with Crippen molar-refractivity contribution in [2.24, 2.45) is 0 Å². The van der Waals surface area contributed by atoms with Crippen molar-refractivity contribution < 1.29 is 27.5 Å². The highest BCUT2D eigenvalue weighted by Gasteiger charge is 2.45. The third-order valence-corrected chi connectivity index (χ3v) is 4.44. The summed E-state index contributed by atoms with van der Waals surface area (Å²) < 4.78 is 44.5. The zero-order chi connectivity index (χ0) is 15.7. The zero-order valence-electron chi connectivity index (χ0n) is 12.3. The van der Waals surface area contributed by atoms with Crippen LogP contribution in [0.1, 0.15) is 25.0 Å². The number of nitrogens with zero attached hydrogens (tertiary/aromatic N) is 1. The van der Waals surface area contributed by atoms with Crippen LogP contribution in [-0.4, -0.2) is 42.4 Å². The lowest BCUT2D eigenvalue weighted by Gasteiger charge is -2.46. The van der Waals surface area contributed by atoms with Gasteiger partial charge in [-0.2, -0.15) is 13.2 Å². The maximum absolute atomic E-state index is 12.8. The van der Waals surface area contributed by atoms with Crippen LogP contribution in [0.4, 0.5) is 13.2 Å². The minimum absolute atomic E-state index is 0.168. The zero-order valence-corrected chi connectivity index (χ0v) is 12.3. The van der Waals surface area contributed by atoms with Crippen molar-refractivity contribution in [3.8, 4) is 0 Å². The van der Waals surface area contributed by atoms with E-state index in [0.29, 0.717) is 11.1 Å². The van der Waals surface area contributed by atoms with Gasteiger partial charge in [0.2, 0.25) is 5.79 Å². The fourth-order valence-corrected chi connectivity index (χ4v) is 2.86. The van der Waals surface area contributed by atoms with Gasteiger partial charge in [-0.1, -0.05) is 12.1 Å². The predicted octanol–water partition coefficient (Wildman–Crippen LogP) is 2.74. The van der Waals surface area contributed by atoms with Gasteiger partial charge in [0, 0.05) is 5.56 Å². The molecule has 0 bridgehead atoms. The van der Waals surface area contributed by atoms with Crippen LogP contribution in [0.2, 0.25) is 0 Å². The third kappa shape index (κ3) is 3.22. The maximum Gasteiger partial charge on any atom is 0.416 e. The molecule has 3 nitrogen and oxygen atoms in total. The Morgan fingerprint density at radius 3 is 2.52 bits per heavy atom. The molecular weight excluding hydrogens is 283 g/mol. The predicted molar refractivity (Wildman–Crippen MR) is 72.4 cm³/mol. The van der Waals surface area contributed by atoms with E-state index < -0.39 is 17.5 Å². The summed E-state index contributed by atoms with van der Waals surface area (Å²) in [7, 11) is 0. The molecule has 1 N–H and O–H groups in total. The molecule has 1 aromatic rings. The maximum atomic E-state index is 12.8. The quantitative estimate of drug-likeness (QED) is 0.870. The fourth-order valence-electron chi connectivity index (χ4n) is 2.86. The van der Waals surface area contributed by atoms with Crippen molar-refractivity contribution >= 4 is 0 Å². The summed E-state index contributed by atoms with van der Waals surface area (Å²) in [6.07, 6.45) is -4.43. The summed E-state index contributed by atoms with van der Waals surface area (Å²) in [6, 6.07) is 4.77. The number of alkyl halides is 3. The van der Waals surface area contributed by atoms with E-state index >= 15 is 0 Å². The van der Waals surface area contributed by atoms with Crippen molar-refractivity contribution in [1.29, 1.82) is 0 Å². The van der Waals surface area contributed by atoms with Crippen molar-refractivity contribution in [1.82, 2.24) is 0 Å². The summed E-state index contributed by atoms with van der Waals surface area (Å²) >= 11 is 0. The second kappa shape index (κ2) is 5.59. The van der Waals surface area contributed by atoms with Gasteiger partial charge in [0.1, 0.15) is 13.1 Å². The first-order valence-corrected chi connectivity index (χ1v) is 7.14. The highest BCUT2D eigenvalue weighted by atomic mass is 19.4. The molecule has 0 radical (unpaired) electrons. The molecule has 1 fully saturated rings. The van der Waals surface area contributed by atoms with Crippen LogP contribution in [0.3, 0.4) is 0 Å². The van der Waals surface area contributed by atoms with Crippen LogP contribution in [0.25, 0.3) is 0 Å². The van der Waals surface area contributed by atoms with Gasteiger partial charge in [-0.15, -0.1) is 0 Å². The van der Waals surface area contributed by atoms with Crippen LogP contribution < -0.4 is 0 Å². The third-order valence-electron chi connectivity index (χ3n) is 4.44. The number of aliphatic hydroxyl groups is 1. The first-order chi connectivity index (χ1) is 9.75. The average molecular weight is 304 g/mol. The van der Waals surface area contributed by atoms with E-state index in [2.05, 4.69) is 0 Å². The Kier molecular flexibility index (Phi) is 4.33. The highest BCUT2D eigenvalue weighted by Crippen LogP contribution is 2.35. The van der Waals surface area contributed by atoms with E-state index in [4.69, 9.17) is 4.74 Å². The van der Waals surface area contributed by atoms with E-state index in [1.54, 1.807) is 0 Å². The topological polar surface area (TPSA) is 29.5 Å². The minimum atomic E-state index is -4.43. The molecule has 1 saturated heterocycles. The standard InChI is InChI=1S/C15H21F3NO2/c1-3-19(4-2)8-9-21-14(20,11-19)12-6-5-7-13(10-12)15(16,17)18/h5-7,10,20H,3-4,8-9,11H2,1-2H3/q+1. The molecule has 2 rings (SSSR count). The normalized spacial score (nSPS) is 25.8. The fraction of sp³-hybridized carbons (Fsp3) is 0.600. The summed E-state index contributed by atoms with van der Waals surface area (Å²) in [5, 5.41) is 10.7. The largest absolute Gasteiger partial charge is 0.416 e. The van der Waals surface area contributed by atoms with Gasteiger partial charge in [-0.05, 0) is 26.0 Å². The summed E-state index contributed by atoms with van der Waals surface area (Å²) in [5.74, 6) is -1.66. The van der Waals surface area contributed by atoms with E-state index in [9.17, 15) is 18.3 Å². The molecule has 0 spiro atoms. The van der Waals surface area contributed by atoms with Crippen molar-refractivity contribution in [3.05, 3.63) is 35.4 Å². The molecule has 1 aliphatic heterocycles. The van der Waals surface area contributed by atoms with E-state index in [-0.39, 0.29) is 12.1 Å². The molecule has 1 heterocycles. The minimum Gasteiger partial charge on any atom is -0.357 e. The van der Waals surface area contributed by atoms with Gasteiger partial charge < -0.3 is 14.3 Å². The second-order valence-electron chi connectivity index (χ2n) is 5.57. The first kappa shape index (κ1) is 16.3. The Hall–Kier alpha value is -1.11. The van der Waals surface area contributed by atoms with Crippen molar-refractivity contribution in [2.75, 3.05) is 32.8 Å². The van der Waals surface area contributed by atoms with E-state index in [1.807, 2.05) is 13.8 Å². The van der Waals surface area contributed by atoms with Crippen LogP contribution in [0, 0.1) is 0 Å². The van der Waals surface area contributed by atoms with Crippen LogP contribution >= 0.6 is 0 Å². The summed E-state index contributed by atoms with van der Waals surface area (Å²) in [5.41, 5.74) is -0.602. The Bertz CT molecular complexity index is 500. The number of quaternary nitrogens is 1. The van der Waals surface area contributed by atoms with Gasteiger partial charge in [-0.3, -0.25) is 0 Å². The van der Waals surface area contributed by atoms with Gasteiger partial charge >= 0.3 is 6.18 Å². The number of hydrogen-bond donors (Lipinski definition) is 1. The van der Waals surface area contributed by atoms with E-state index in [1.165, 1.54) is 12.1 Å². The molecule has 1 atom stereocenters. The van der Waals surface area contributed by atoms with Crippen molar-refractivity contribution in [3.63, 3.8) is 0 Å². The Morgan fingerprint density at radius 2 is 1.95 bits per heavy atom. The smallest absolute Gasteiger partial charge is 0.357 e. The number of likely N-dealkylation sites (N-methyl/N-ethyl adjacent to an activating group) is 1. The number of hydrogen-bond acceptors (Lipinski definition) is 2. The number of rotatable bonds is 3. The second-order valence-corrected chi connectivity index (χ2v) is 5.57. The molecule has 6 heteroatoms. The SMILES string of the molecule is CC[N+]1(CC)CCOC(O)(c2cccc(C(F)(F)F)c2)C1. The number of ether oxygens (including phenoxy) is 1. The molecular formula is C15H21F3NO2+. The van der Waals surface area contributed by atoms with Crippen LogP contribution in [0.5, 0.6) is 0 Å². The van der Waals surface area contributed by atoms with Crippen molar-refractivity contribution in [2.45, 2.75) is 25.8 Å². The molecule has 0 saturated carbocycles. The Labute approximate surface area is 122 Å². The molecule has 118 valence electrons. The Morgan fingerprint density at radius 1 is 1.29 bits per heavy atom. The lowest BCUT2D eigenvalue weighted by atomic mass is 9.99. The number of halogens is 3. The molecule has 1 aromatic carbocycles. The molecule has 0 amide bonds. The lowest BCUT2D eigenvalue weighted by molar-refractivity contribution is -0.944. The molecule has 1 unspecified atom stereocenters. The molecule has 0 aliphatic carbocycles. The van der Waals surface area contributed by atoms with Gasteiger partial charge in [0.05, 0.1) is 25.3 Å². The monoisotopic (exact) mass is 304 g/mol. The first-order valence-electron chi connectivity index (χ1n) is 7.14. The van der Waals surface area contributed by atoms with Crippen LogP contribution in [0.15, 0.2) is 24.3 Å². The van der Waals surface area contributed by atoms with Gasteiger partial charge in [-0.25, -0.2) is 0 Å². The number of benzene rings is 1. The van der Waals surface area contributed by atoms with Gasteiger partial charge in [0.25, 0.3) is 0 Å². The lowest BCUT2D eigenvalue weighted by Crippen LogP contribution is -2.61. The van der Waals surface area contributed by atoms with E-state index in [0.717, 1.165) is 31.8 Å². The van der Waals surface area contributed by atoms with Gasteiger partial charge in [0.15, 0.2) is 0 Å². The molecule has 1 aliphatic rings.